The van der Waals surface area contributed by atoms with Crippen molar-refractivity contribution in [2.45, 2.75) is 32.6 Å². The van der Waals surface area contributed by atoms with E-state index in [1.54, 1.807) is 0 Å². The van der Waals surface area contributed by atoms with E-state index in [4.69, 9.17) is 5.26 Å². The van der Waals surface area contributed by atoms with Crippen molar-refractivity contribution in [1.29, 1.82) is 5.26 Å². The van der Waals surface area contributed by atoms with Crippen molar-refractivity contribution in [3.8, 4) is 6.07 Å². The molecule has 0 saturated heterocycles. The average Bonchev–Trinajstić information content (AvgIpc) is 2.18. The molecule has 1 nitrogen and oxygen atoms in total. The zero-order valence-corrected chi connectivity index (χ0v) is 5.93. The summed E-state index contributed by atoms with van der Waals surface area (Å²) in [5.74, 6) is 1.53. The van der Waals surface area contributed by atoms with Crippen molar-refractivity contribution >= 4 is 0 Å². The maximum Gasteiger partial charge on any atom is 0.0624 e. The van der Waals surface area contributed by atoms with Crippen LogP contribution in [0.4, 0.5) is 0 Å². The molecule has 1 aliphatic carbocycles. The van der Waals surface area contributed by atoms with Crippen LogP contribution in [0, 0.1) is 23.2 Å². The molecule has 0 unspecified atom stereocenters. The third-order valence-corrected chi connectivity index (χ3v) is 2.39. The van der Waals surface area contributed by atoms with Gasteiger partial charge in [-0.15, -0.1) is 0 Å². The van der Waals surface area contributed by atoms with Gasteiger partial charge in [-0.1, -0.05) is 19.8 Å². The molecule has 0 bridgehead atoms. The van der Waals surface area contributed by atoms with Crippen molar-refractivity contribution in [3.63, 3.8) is 0 Å². The minimum atomic E-state index is 0.718. The van der Waals surface area contributed by atoms with E-state index in [-0.39, 0.29) is 0 Å². The van der Waals surface area contributed by atoms with Gasteiger partial charge in [0.1, 0.15) is 0 Å². The third kappa shape index (κ3) is 1.45. The number of hydrogen-bond donors (Lipinski definition) is 0. The molecule has 1 fully saturated rings. The zero-order valence-electron chi connectivity index (χ0n) is 5.93. The zero-order chi connectivity index (χ0) is 6.69. The summed E-state index contributed by atoms with van der Waals surface area (Å²) in [6.07, 6.45) is 4.75. The Morgan fingerprint density at radius 3 is 2.78 bits per heavy atom. The Kier molecular flexibility index (Phi) is 2.10. The molecule has 0 N–H and O–H groups in total. The minimum Gasteiger partial charge on any atom is -0.198 e. The van der Waals surface area contributed by atoms with Gasteiger partial charge in [0.25, 0.3) is 0 Å². The first-order valence-corrected chi connectivity index (χ1v) is 3.71. The van der Waals surface area contributed by atoms with Crippen LogP contribution >= 0.6 is 0 Å². The number of hydrogen-bond acceptors (Lipinski definition) is 1. The van der Waals surface area contributed by atoms with Crippen molar-refractivity contribution in [3.05, 3.63) is 0 Å². The van der Waals surface area contributed by atoms with Crippen molar-refractivity contribution in [2.24, 2.45) is 11.8 Å². The van der Waals surface area contributed by atoms with Gasteiger partial charge in [-0.2, -0.15) is 5.26 Å². The lowest BCUT2D eigenvalue weighted by atomic mass is 9.96. The molecule has 1 saturated carbocycles. The van der Waals surface area contributed by atoms with E-state index in [0.717, 1.165) is 18.3 Å². The largest absolute Gasteiger partial charge is 0.198 e. The molecular weight excluding hydrogens is 110 g/mol. The standard InChI is InChI=1S/C8H13N/c1-7-3-2-4-8(7)5-6-9/h7-8H,2-5H2,1H3/t7-,8+/m1/s1. The number of nitriles is 1. The van der Waals surface area contributed by atoms with E-state index < -0.39 is 0 Å². The van der Waals surface area contributed by atoms with Crippen molar-refractivity contribution < 1.29 is 0 Å². The fourth-order valence-electron chi connectivity index (χ4n) is 1.64. The fraction of sp³-hybridized carbons (Fsp3) is 0.875. The first-order valence-electron chi connectivity index (χ1n) is 3.71. The van der Waals surface area contributed by atoms with Gasteiger partial charge in [0.15, 0.2) is 0 Å². The number of nitrogens with zero attached hydrogens (tertiary/aromatic N) is 1. The lowest BCUT2D eigenvalue weighted by Crippen LogP contribution is -2.01. The Morgan fingerprint density at radius 2 is 2.33 bits per heavy atom. The highest BCUT2D eigenvalue weighted by molar-refractivity contribution is 4.82. The Labute approximate surface area is 56.7 Å². The molecule has 0 aromatic carbocycles. The predicted molar refractivity (Wildman–Crippen MR) is 36.7 cm³/mol. The molecule has 1 rings (SSSR count). The molecular formula is C8H13N. The molecule has 1 aliphatic rings. The summed E-state index contributed by atoms with van der Waals surface area (Å²) in [5.41, 5.74) is 0. The Balaban J connectivity index is 2.33. The maximum absolute atomic E-state index is 8.39. The average molecular weight is 123 g/mol. The highest BCUT2D eigenvalue weighted by Crippen LogP contribution is 2.32. The lowest BCUT2D eigenvalue weighted by Gasteiger charge is -2.08. The molecule has 2 atom stereocenters. The summed E-state index contributed by atoms with van der Waals surface area (Å²) in [7, 11) is 0. The SMILES string of the molecule is C[C@@H]1CCC[C@H]1CC#N. The highest BCUT2D eigenvalue weighted by Gasteiger charge is 2.22. The van der Waals surface area contributed by atoms with Crippen LogP contribution in [-0.4, -0.2) is 0 Å². The van der Waals surface area contributed by atoms with Gasteiger partial charge in [-0.05, 0) is 18.3 Å². The molecule has 0 radical (unpaired) electrons. The summed E-state index contributed by atoms with van der Waals surface area (Å²) in [6.45, 7) is 2.26. The Bertz CT molecular complexity index is 123. The van der Waals surface area contributed by atoms with E-state index in [9.17, 15) is 0 Å². The quantitative estimate of drug-likeness (QED) is 0.525. The molecule has 0 aliphatic heterocycles. The van der Waals surface area contributed by atoms with E-state index in [1.807, 2.05) is 0 Å². The summed E-state index contributed by atoms with van der Waals surface area (Å²) in [6, 6.07) is 2.24. The molecule has 0 aromatic rings. The van der Waals surface area contributed by atoms with Crippen LogP contribution in [0.3, 0.4) is 0 Å². The second kappa shape index (κ2) is 2.87. The molecule has 0 amide bonds. The van der Waals surface area contributed by atoms with Crippen LogP contribution in [0.25, 0.3) is 0 Å². The third-order valence-electron chi connectivity index (χ3n) is 2.39. The second-order valence-corrected chi connectivity index (χ2v) is 3.03. The Hall–Kier alpha value is -0.510. The minimum absolute atomic E-state index is 0.718. The summed E-state index contributed by atoms with van der Waals surface area (Å²) in [4.78, 5) is 0. The van der Waals surface area contributed by atoms with Crippen LogP contribution in [0.2, 0.25) is 0 Å². The molecule has 50 valence electrons. The predicted octanol–water partition coefficient (Wildman–Crippen LogP) is 2.34. The topological polar surface area (TPSA) is 23.8 Å². The van der Waals surface area contributed by atoms with E-state index in [1.165, 1.54) is 19.3 Å². The van der Waals surface area contributed by atoms with Gasteiger partial charge < -0.3 is 0 Å². The first kappa shape index (κ1) is 6.61. The van der Waals surface area contributed by atoms with Gasteiger partial charge in [-0.3, -0.25) is 0 Å². The van der Waals surface area contributed by atoms with Gasteiger partial charge in [-0.25, -0.2) is 0 Å². The van der Waals surface area contributed by atoms with Gasteiger partial charge in [0.05, 0.1) is 6.07 Å². The van der Waals surface area contributed by atoms with Crippen LogP contribution in [0.5, 0.6) is 0 Å². The first-order chi connectivity index (χ1) is 4.34. The van der Waals surface area contributed by atoms with E-state index in [0.29, 0.717) is 0 Å². The van der Waals surface area contributed by atoms with Crippen LogP contribution in [-0.2, 0) is 0 Å². The summed E-state index contributed by atoms with van der Waals surface area (Å²) < 4.78 is 0. The van der Waals surface area contributed by atoms with Crippen molar-refractivity contribution in [1.82, 2.24) is 0 Å². The van der Waals surface area contributed by atoms with Crippen LogP contribution < -0.4 is 0 Å². The molecule has 9 heavy (non-hydrogen) atoms. The highest BCUT2D eigenvalue weighted by atomic mass is 14.3. The second-order valence-electron chi connectivity index (χ2n) is 3.03. The van der Waals surface area contributed by atoms with E-state index in [2.05, 4.69) is 13.0 Å². The van der Waals surface area contributed by atoms with Crippen LogP contribution in [0.15, 0.2) is 0 Å². The van der Waals surface area contributed by atoms with Gasteiger partial charge in [0.2, 0.25) is 0 Å². The van der Waals surface area contributed by atoms with E-state index >= 15 is 0 Å². The van der Waals surface area contributed by atoms with Crippen LogP contribution in [0.1, 0.15) is 32.6 Å². The lowest BCUT2D eigenvalue weighted by molar-refractivity contribution is 0.427. The molecule has 0 spiro atoms. The fourth-order valence-corrected chi connectivity index (χ4v) is 1.64. The summed E-state index contributed by atoms with van der Waals surface area (Å²) >= 11 is 0. The summed E-state index contributed by atoms with van der Waals surface area (Å²) in [5, 5.41) is 8.39. The van der Waals surface area contributed by atoms with Gasteiger partial charge >= 0.3 is 0 Å². The normalized spacial score (nSPS) is 34.2. The molecule has 1 heteroatoms. The smallest absolute Gasteiger partial charge is 0.0624 e. The van der Waals surface area contributed by atoms with Crippen molar-refractivity contribution in [2.75, 3.05) is 0 Å². The molecule has 0 aromatic heterocycles. The maximum atomic E-state index is 8.39. The van der Waals surface area contributed by atoms with Gasteiger partial charge in [0, 0.05) is 6.42 Å². The Morgan fingerprint density at radius 1 is 1.56 bits per heavy atom. The monoisotopic (exact) mass is 123 g/mol. The number of rotatable bonds is 1. The molecule has 0 heterocycles.